The van der Waals surface area contributed by atoms with Crippen molar-refractivity contribution in [2.75, 3.05) is 33.1 Å². The number of hydrogen-bond acceptors (Lipinski definition) is 4. The van der Waals surface area contributed by atoms with Crippen molar-refractivity contribution in [3.63, 3.8) is 0 Å². The Morgan fingerprint density at radius 2 is 2.16 bits per heavy atom. The highest BCUT2D eigenvalue weighted by Gasteiger charge is 2.33. The first kappa shape index (κ1) is 13.7. The molecule has 5 nitrogen and oxygen atoms in total. The summed E-state index contributed by atoms with van der Waals surface area (Å²) < 4.78 is 10.1. The second-order valence-corrected chi connectivity index (χ2v) is 4.68. The molecule has 0 heterocycles. The van der Waals surface area contributed by atoms with Crippen LogP contribution in [0.15, 0.2) is 18.2 Å². The van der Waals surface area contributed by atoms with Crippen LogP contribution in [0.4, 0.5) is 5.69 Å². The van der Waals surface area contributed by atoms with Crippen molar-refractivity contribution in [3.8, 4) is 5.75 Å². The van der Waals surface area contributed by atoms with Crippen molar-refractivity contribution in [2.45, 2.75) is 18.9 Å². The number of anilines is 1. The second kappa shape index (κ2) is 5.93. The summed E-state index contributed by atoms with van der Waals surface area (Å²) in [6.07, 6.45) is 2.12. The molecule has 1 aromatic rings. The van der Waals surface area contributed by atoms with Crippen LogP contribution in [-0.4, -0.2) is 44.2 Å². The molecule has 0 unspecified atom stereocenters. The lowest BCUT2D eigenvalue weighted by molar-refractivity contribution is 0.0681. The quantitative estimate of drug-likeness (QED) is 0.791. The van der Waals surface area contributed by atoms with E-state index in [4.69, 9.17) is 15.2 Å². The maximum atomic E-state index is 12.5. The highest BCUT2D eigenvalue weighted by atomic mass is 16.5. The zero-order chi connectivity index (χ0) is 13.8. The molecule has 1 fully saturated rings. The summed E-state index contributed by atoms with van der Waals surface area (Å²) in [6, 6.07) is 5.49. The molecule has 104 valence electrons. The minimum absolute atomic E-state index is 0.0281. The number of nitrogens with two attached hydrogens (primary N) is 1. The van der Waals surface area contributed by atoms with Gasteiger partial charge >= 0.3 is 0 Å². The lowest BCUT2D eigenvalue weighted by Gasteiger charge is -2.23. The van der Waals surface area contributed by atoms with E-state index in [0.717, 1.165) is 12.8 Å². The number of carbonyl (C=O) groups is 1. The number of carbonyl (C=O) groups excluding carboxylic acids is 1. The molecule has 1 saturated carbocycles. The van der Waals surface area contributed by atoms with Crippen LogP contribution in [0.2, 0.25) is 0 Å². The van der Waals surface area contributed by atoms with E-state index < -0.39 is 0 Å². The first-order valence-electron chi connectivity index (χ1n) is 6.40. The fourth-order valence-electron chi connectivity index (χ4n) is 2.04. The number of ether oxygens (including phenoxy) is 2. The van der Waals surface area contributed by atoms with Crippen molar-refractivity contribution < 1.29 is 14.3 Å². The first-order chi connectivity index (χ1) is 9.17. The molecule has 2 rings (SSSR count). The van der Waals surface area contributed by atoms with E-state index in [-0.39, 0.29) is 5.91 Å². The van der Waals surface area contributed by atoms with Gasteiger partial charge in [0, 0.05) is 31.5 Å². The molecule has 0 saturated heterocycles. The third-order valence-electron chi connectivity index (χ3n) is 3.27. The van der Waals surface area contributed by atoms with Gasteiger partial charge in [-0.1, -0.05) is 0 Å². The Balaban J connectivity index is 2.16. The van der Waals surface area contributed by atoms with E-state index in [1.807, 2.05) is 4.90 Å². The molecule has 1 aromatic carbocycles. The number of nitrogen functional groups attached to an aromatic ring is 1. The SMILES string of the molecule is COCCN(C(=O)c1ccc(OC)cc1N)C1CC1. The zero-order valence-electron chi connectivity index (χ0n) is 11.4. The fourth-order valence-corrected chi connectivity index (χ4v) is 2.04. The fraction of sp³-hybridized carbons (Fsp3) is 0.500. The predicted octanol–water partition coefficient (Wildman–Crippen LogP) is 1.53. The van der Waals surface area contributed by atoms with Crippen LogP contribution >= 0.6 is 0 Å². The molecule has 1 amide bonds. The van der Waals surface area contributed by atoms with Crippen LogP contribution in [0.25, 0.3) is 0 Å². The van der Waals surface area contributed by atoms with Gasteiger partial charge in [-0.05, 0) is 25.0 Å². The Hall–Kier alpha value is -1.75. The molecule has 0 aliphatic heterocycles. The van der Waals surface area contributed by atoms with Gasteiger partial charge in [-0.25, -0.2) is 0 Å². The summed E-state index contributed by atoms with van der Waals surface area (Å²) in [5.74, 6) is 0.628. The van der Waals surface area contributed by atoms with Crippen molar-refractivity contribution in [1.29, 1.82) is 0 Å². The van der Waals surface area contributed by atoms with Crippen LogP contribution in [-0.2, 0) is 4.74 Å². The van der Waals surface area contributed by atoms with E-state index in [9.17, 15) is 4.79 Å². The van der Waals surface area contributed by atoms with E-state index in [1.165, 1.54) is 0 Å². The zero-order valence-corrected chi connectivity index (χ0v) is 11.4. The summed E-state index contributed by atoms with van der Waals surface area (Å²) in [6.45, 7) is 1.14. The number of benzene rings is 1. The summed E-state index contributed by atoms with van der Waals surface area (Å²) in [5.41, 5.74) is 6.91. The predicted molar refractivity (Wildman–Crippen MR) is 73.3 cm³/mol. The summed E-state index contributed by atoms with van der Waals surface area (Å²) >= 11 is 0. The molecule has 5 heteroatoms. The van der Waals surface area contributed by atoms with Crippen LogP contribution in [0, 0.1) is 0 Å². The Bertz CT molecular complexity index is 458. The summed E-state index contributed by atoms with van der Waals surface area (Å²) in [4.78, 5) is 14.4. The maximum Gasteiger partial charge on any atom is 0.256 e. The molecule has 2 N–H and O–H groups in total. The smallest absolute Gasteiger partial charge is 0.256 e. The minimum atomic E-state index is -0.0281. The largest absolute Gasteiger partial charge is 0.497 e. The van der Waals surface area contributed by atoms with Gasteiger partial charge in [-0.3, -0.25) is 4.79 Å². The van der Waals surface area contributed by atoms with Gasteiger partial charge in [0.15, 0.2) is 0 Å². The van der Waals surface area contributed by atoms with Gasteiger partial charge < -0.3 is 20.1 Å². The number of hydrogen-bond donors (Lipinski definition) is 1. The van der Waals surface area contributed by atoms with Gasteiger partial charge in [0.25, 0.3) is 5.91 Å². The van der Waals surface area contributed by atoms with Crippen LogP contribution in [0.1, 0.15) is 23.2 Å². The second-order valence-electron chi connectivity index (χ2n) is 4.68. The monoisotopic (exact) mass is 264 g/mol. The summed E-state index contributed by atoms with van der Waals surface area (Å²) in [5, 5.41) is 0. The number of nitrogens with zero attached hydrogens (tertiary/aromatic N) is 1. The maximum absolute atomic E-state index is 12.5. The molecule has 0 spiro atoms. The van der Waals surface area contributed by atoms with E-state index in [2.05, 4.69) is 0 Å². The van der Waals surface area contributed by atoms with Gasteiger partial charge in [-0.2, -0.15) is 0 Å². The van der Waals surface area contributed by atoms with Gasteiger partial charge in [0.1, 0.15) is 5.75 Å². The standard InChI is InChI=1S/C14H20N2O3/c1-18-8-7-16(10-3-4-10)14(17)12-6-5-11(19-2)9-13(12)15/h5-6,9-10H,3-4,7-8,15H2,1-2H3. The number of methoxy groups -OCH3 is 2. The average Bonchev–Trinajstić information content (AvgIpc) is 3.23. The van der Waals surface area contributed by atoms with E-state index in [0.29, 0.717) is 36.2 Å². The molecule has 1 aliphatic rings. The third kappa shape index (κ3) is 3.17. The van der Waals surface area contributed by atoms with Gasteiger partial charge in [0.05, 0.1) is 19.3 Å². The third-order valence-corrected chi connectivity index (χ3v) is 3.27. The lowest BCUT2D eigenvalue weighted by atomic mass is 10.1. The van der Waals surface area contributed by atoms with Crippen molar-refractivity contribution in [1.82, 2.24) is 4.90 Å². The summed E-state index contributed by atoms with van der Waals surface area (Å²) in [7, 11) is 3.21. The Morgan fingerprint density at radius 1 is 1.42 bits per heavy atom. The Labute approximate surface area is 113 Å². The normalized spacial score (nSPS) is 14.2. The topological polar surface area (TPSA) is 64.8 Å². The Kier molecular flexibility index (Phi) is 4.27. The molecular weight excluding hydrogens is 244 g/mol. The van der Waals surface area contributed by atoms with Crippen LogP contribution in [0.5, 0.6) is 5.75 Å². The first-order valence-corrected chi connectivity index (χ1v) is 6.40. The van der Waals surface area contributed by atoms with Crippen molar-refractivity contribution in [3.05, 3.63) is 23.8 Å². The highest BCUT2D eigenvalue weighted by Crippen LogP contribution is 2.30. The van der Waals surface area contributed by atoms with Crippen LogP contribution in [0.3, 0.4) is 0 Å². The Morgan fingerprint density at radius 3 is 2.68 bits per heavy atom. The number of amides is 1. The molecule has 0 aromatic heterocycles. The van der Waals surface area contributed by atoms with Gasteiger partial charge in [-0.15, -0.1) is 0 Å². The lowest BCUT2D eigenvalue weighted by Crippen LogP contribution is -2.36. The molecule has 1 aliphatic carbocycles. The minimum Gasteiger partial charge on any atom is -0.497 e. The molecule has 0 bridgehead atoms. The van der Waals surface area contributed by atoms with Crippen molar-refractivity contribution >= 4 is 11.6 Å². The van der Waals surface area contributed by atoms with Gasteiger partial charge in [0.2, 0.25) is 0 Å². The highest BCUT2D eigenvalue weighted by molar-refractivity contribution is 5.99. The average molecular weight is 264 g/mol. The molecule has 0 atom stereocenters. The van der Waals surface area contributed by atoms with Crippen LogP contribution < -0.4 is 10.5 Å². The van der Waals surface area contributed by atoms with Crippen molar-refractivity contribution in [2.24, 2.45) is 0 Å². The molecule has 19 heavy (non-hydrogen) atoms. The molecular formula is C14H20N2O3. The van der Waals surface area contributed by atoms with E-state index in [1.54, 1.807) is 32.4 Å². The van der Waals surface area contributed by atoms with E-state index >= 15 is 0 Å². The molecule has 0 radical (unpaired) electrons. The number of rotatable bonds is 6.